The second kappa shape index (κ2) is 7.50. The smallest absolute Gasteiger partial charge is 0.407 e. The summed E-state index contributed by atoms with van der Waals surface area (Å²) in [6.07, 6.45) is 0.733. The van der Waals surface area contributed by atoms with Crippen molar-refractivity contribution in [3.63, 3.8) is 0 Å². The van der Waals surface area contributed by atoms with Gasteiger partial charge in [0, 0.05) is 19.0 Å². The number of alkyl halides is 1. The quantitative estimate of drug-likeness (QED) is 0.352. The van der Waals surface area contributed by atoms with E-state index in [1.165, 1.54) is 0 Å². The van der Waals surface area contributed by atoms with Gasteiger partial charge in [-0.15, -0.1) is 0 Å². The standard InChI is InChI=1S/C9H20INO2Si/c1-14(2,3)8-7-13-9(12)11-6-4-5-10/h4-8H2,1-3H3,(H,11,12). The molecule has 0 atom stereocenters. The molecule has 0 aliphatic carbocycles. The van der Waals surface area contributed by atoms with Crippen molar-refractivity contribution in [2.45, 2.75) is 32.1 Å². The van der Waals surface area contributed by atoms with Gasteiger partial charge in [0.15, 0.2) is 0 Å². The van der Waals surface area contributed by atoms with Crippen molar-refractivity contribution in [3.8, 4) is 0 Å². The average molecular weight is 329 g/mol. The van der Waals surface area contributed by atoms with E-state index in [1.807, 2.05) is 0 Å². The largest absolute Gasteiger partial charge is 0.450 e. The molecule has 3 nitrogen and oxygen atoms in total. The van der Waals surface area contributed by atoms with E-state index in [0.717, 1.165) is 16.9 Å². The highest BCUT2D eigenvalue weighted by atomic mass is 127. The van der Waals surface area contributed by atoms with Crippen LogP contribution in [0.5, 0.6) is 0 Å². The molecule has 0 aromatic carbocycles. The van der Waals surface area contributed by atoms with Gasteiger partial charge in [-0.2, -0.15) is 0 Å². The topological polar surface area (TPSA) is 38.3 Å². The second-order valence-electron chi connectivity index (χ2n) is 4.42. The molecule has 0 unspecified atom stereocenters. The Morgan fingerprint density at radius 1 is 1.43 bits per heavy atom. The van der Waals surface area contributed by atoms with Gasteiger partial charge in [-0.25, -0.2) is 4.79 Å². The number of hydrogen-bond donors (Lipinski definition) is 1. The zero-order chi connectivity index (χ0) is 11.0. The molecular weight excluding hydrogens is 309 g/mol. The van der Waals surface area contributed by atoms with Crippen molar-refractivity contribution in [3.05, 3.63) is 0 Å². The molecule has 0 radical (unpaired) electrons. The van der Waals surface area contributed by atoms with Crippen molar-refractivity contribution in [2.75, 3.05) is 17.6 Å². The van der Waals surface area contributed by atoms with E-state index in [4.69, 9.17) is 4.74 Å². The van der Waals surface area contributed by atoms with Crippen molar-refractivity contribution in [1.29, 1.82) is 0 Å². The van der Waals surface area contributed by atoms with Gasteiger partial charge < -0.3 is 10.1 Å². The maximum Gasteiger partial charge on any atom is 0.407 e. The van der Waals surface area contributed by atoms with Crippen LogP contribution in [0, 0.1) is 0 Å². The van der Waals surface area contributed by atoms with Crippen LogP contribution < -0.4 is 5.32 Å². The molecule has 0 saturated heterocycles. The van der Waals surface area contributed by atoms with Gasteiger partial charge in [0.25, 0.3) is 0 Å². The molecule has 0 spiro atoms. The Morgan fingerprint density at radius 2 is 2.07 bits per heavy atom. The van der Waals surface area contributed by atoms with Gasteiger partial charge in [0.05, 0.1) is 6.61 Å². The van der Waals surface area contributed by atoms with Crippen LogP contribution in [-0.4, -0.2) is 31.7 Å². The summed E-state index contributed by atoms with van der Waals surface area (Å²) in [4.78, 5) is 11.1. The van der Waals surface area contributed by atoms with Crippen LogP contribution in [0.3, 0.4) is 0 Å². The normalized spacial score (nSPS) is 11.1. The highest BCUT2D eigenvalue weighted by Gasteiger charge is 2.13. The summed E-state index contributed by atoms with van der Waals surface area (Å²) in [6.45, 7) is 8.08. The Kier molecular flexibility index (Phi) is 7.62. The molecule has 0 heterocycles. The van der Waals surface area contributed by atoms with Crippen molar-refractivity contribution in [2.24, 2.45) is 0 Å². The van der Waals surface area contributed by atoms with E-state index in [-0.39, 0.29) is 6.09 Å². The van der Waals surface area contributed by atoms with Crippen LogP contribution in [0.4, 0.5) is 4.79 Å². The number of hydrogen-bond acceptors (Lipinski definition) is 2. The molecule has 1 amide bonds. The number of amides is 1. The highest BCUT2D eigenvalue weighted by molar-refractivity contribution is 14.1. The first kappa shape index (κ1) is 14.2. The summed E-state index contributed by atoms with van der Waals surface area (Å²) in [5.41, 5.74) is 0. The van der Waals surface area contributed by atoms with Crippen LogP contribution in [0.2, 0.25) is 25.7 Å². The Balaban J connectivity index is 3.36. The minimum Gasteiger partial charge on any atom is -0.450 e. The lowest BCUT2D eigenvalue weighted by Gasteiger charge is -2.15. The van der Waals surface area contributed by atoms with E-state index < -0.39 is 8.07 Å². The first-order valence-corrected chi connectivity index (χ1v) is 10.2. The maximum absolute atomic E-state index is 11.1. The lowest BCUT2D eigenvalue weighted by molar-refractivity contribution is 0.152. The number of carbonyl (C=O) groups excluding carboxylic acids is 1. The summed E-state index contributed by atoms with van der Waals surface area (Å²) in [5.74, 6) is 0. The van der Waals surface area contributed by atoms with Crippen molar-refractivity contribution < 1.29 is 9.53 Å². The van der Waals surface area contributed by atoms with Gasteiger partial charge in [-0.1, -0.05) is 42.2 Å². The second-order valence-corrected chi connectivity index (χ2v) is 11.1. The predicted molar refractivity (Wildman–Crippen MR) is 71.0 cm³/mol. The van der Waals surface area contributed by atoms with E-state index in [1.54, 1.807) is 0 Å². The lowest BCUT2D eigenvalue weighted by atomic mass is 10.5. The monoisotopic (exact) mass is 329 g/mol. The Bertz CT molecular complexity index is 171. The lowest BCUT2D eigenvalue weighted by Crippen LogP contribution is -2.28. The number of halogens is 1. The van der Waals surface area contributed by atoms with Gasteiger partial charge in [-0.05, 0) is 12.5 Å². The third-order valence-corrected chi connectivity index (χ3v) is 4.13. The fourth-order valence-corrected chi connectivity index (χ4v) is 1.85. The number of ether oxygens (including phenoxy) is 1. The van der Waals surface area contributed by atoms with Gasteiger partial charge in [0.2, 0.25) is 0 Å². The first-order valence-electron chi connectivity index (χ1n) is 4.92. The Morgan fingerprint density at radius 3 is 2.57 bits per heavy atom. The molecular formula is C9H20INO2Si. The van der Waals surface area contributed by atoms with E-state index in [0.29, 0.717) is 13.2 Å². The van der Waals surface area contributed by atoms with Crippen molar-refractivity contribution >= 4 is 36.8 Å². The van der Waals surface area contributed by atoms with E-state index >= 15 is 0 Å². The fourth-order valence-electron chi connectivity index (χ4n) is 0.758. The summed E-state index contributed by atoms with van der Waals surface area (Å²) in [6, 6.07) is 1.03. The molecule has 0 aromatic rings. The minimum atomic E-state index is -1.07. The average Bonchev–Trinajstić information content (AvgIpc) is 2.02. The number of carbonyl (C=O) groups is 1. The third-order valence-electron chi connectivity index (χ3n) is 1.66. The Labute approximate surface area is 101 Å². The van der Waals surface area contributed by atoms with Gasteiger partial charge >= 0.3 is 6.09 Å². The van der Waals surface area contributed by atoms with E-state index in [2.05, 4.69) is 47.5 Å². The number of rotatable bonds is 6. The molecule has 0 aliphatic heterocycles. The fraction of sp³-hybridized carbons (Fsp3) is 0.889. The Hall–Kier alpha value is 0.217. The van der Waals surface area contributed by atoms with Crippen molar-refractivity contribution in [1.82, 2.24) is 5.32 Å². The molecule has 0 fully saturated rings. The van der Waals surface area contributed by atoms with Gasteiger partial charge in [-0.3, -0.25) is 0 Å². The molecule has 0 aliphatic rings. The summed E-state index contributed by atoms with van der Waals surface area (Å²) in [5, 5.41) is 2.72. The summed E-state index contributed by atoms with van der Waals surface area (Å²) in [7, 11) is -1.07. The molecule has 0 saturated carbocycles. The highest BCUT2D eigenvalue weighted by Crippen LogP contribution is 2.07. The zero-order valence-corrected chi connectivity index (χ0v) is 12.4. The SMILES string of the molecule is C[Si](C)(C)CCOC(=O)NCCCI. The first-order chi connectivity index (χ1) is 6.45. The zero-order valence-electron chi connectivity index (χ0n) is 9.23. The number of nitrogens with one attached hydrogen (secondary N) is 1. The van der Waals surface area contributed by atoms with Crippen LogP contribution in [0.1, 0.15) is 6.42 Å². The molecule has 0 aromatic heterocycles. The number of alkyl carbamates (subject to hydrolysis) is 1. The van der Waals surface area contributed by atoms with Crippen LogP contribution >= 0.6 is 22.6 Å². The third kappa shape index (κ3) is 10.3. The predicted octanol–water partition coefficient (Wildman–Crippen LogP) is 2.88. The minimum absolute atomic E-state index is 0.270. The molecule has 0 rings (SSSR count). The van der Waals surface area contributed by atoms with Crippen LogP contribution in [0.15, 0.2) is 0 Å². The van der Waals surface area contributed by atoms with E-state index in [9.17, 15) is 4.79 Å². The maximum atomic E-state index is 11.1. The summed E-state index contributed by atoms with van der Waals surface area (Å²) >= 11 is 2.29. The molecule has 14 heavy (non-hydrogen) atoms. The summed E-state index contributed by atoms with van der Waals surface area (Å²) < 4.78 is 6.11. The van der Waals surface area contributed by atoms with Crippen LogP contribution in [-0.2, 0) is 4.74 Å². The molecule has 84 valence electrons. The molecule has 1 N–H and O–H groups in total. The van der Waals surface area contributed by atoms with Crippen LogP contribution in [0.25, 0.3) is 0 Å². The van der Waals surface area contributed by atoms with Gasteiger partial charge in [0.1, 0.15) is 0 Å². The molecule has 0 bridgehead atoms. The molecule has 5 heteroatoms.